The van der Waals surface area contributed by atoms with Crippen LogP contribution in [-0.2, 0) is 4.74 Å². The molecule has 0 heterocycles. The predicted octanol–water partition coefficient (Wildman–Crippen LogP) is 1.70. The summed E-state index contributed by atoms with van der Waals surface area (Å²) in [6.45, 7) is 5.28. The van der Waals surface area contributed by atoms with Gasteiger partial charge < -0.3 is 30.1 Å². The molecule has 1 aromatic carbocycles. The largest absolute Gasteiger partial charge is 0.497 e. The number of ether oxygens (including phenoxy) is 2. The van der Waals surface area contributed by atoms with E-state index in [9.17, 15) is 19.8 Å². The molecule has 0 spiro atoms. The minimum atomic E-state index is -1.33. The van der Waals surface area contributed by atoms with Crippen LogP contribution in [0.4, 0.5) is 4.79 Å². The van der Waals surface area contributed by atoms with Crippen LogP contribution in [0.3, 0.4) is 0 Å². The van der Waals surface area contributed by atoms with Gasteiger partial charge in [0.2, 0.25) is 0 Å². The number of amides is 1. The molecule has 8 heteroatoms. The molecule has 2 unspecified atom stereocenters. The zero-order valence-corrected chi connectivity index (χ0v) is 14.8. The number of benzene rings is 1. The van der Waals surface area contributed by atoms with Crippen molar-refractivity contribution >= 4 is 12.1 Å². The molecule has 2 atom stereocenters. The SMILES string of the molecule is COc1cc(C(=O)O)cc(C(O)C(O)CCNC(=O)OC(C)(C)C)c1. The highest BCUT2D eigenvalue weighted by atomic mass is 16.6. The number of hydrogen-bond acceptors (Lipinski definition) is 6. The number of aliphatic hydroxyl groups is 2. The Hall–Kier alpha value is -2.32. The van der Waals surface area contributed by atoms with Crippen LogP contribution in [0.5, 0.6) is 5.75 Å². The molecule has 0 saturated carbocycles. The van der Waals surface area contributed by atoms with E-state index in [1.54, 1.807) is 20.8 Å². The number of alkyl carbamates (subject to hydrolysis) is 1. The summed E-state index contributed by atoms with van der Waals surface area (Å²) in [6, 6.07) is 4.02. The molecule has 0 aromatic heterocycles. The second-order valence-electron chi connectivity index (χ2n) is 6.53. The van der Waals surface area contributed by atoms with Gasteiger partial charge >= 0.3 is 12.1 Å². The lowest BCUT2D eigenvalue weighted by atomic mass is 9.99. The Morgan fingerprint density at radius 2 is 1.84 bits per heavy atom. The van der Waals surface area contributed by atoms with E-state index in [1.807, 2.05) is 0 Å². The third-order valence-electron chi connectivity index (χ3n) is 3.23. The number of methoxy groups -OCH3 is 1. The summed E-state index contributed by atoms with van der Waals surface area (Å²) < 4.78 is 10.1. The second-order valence-corrected chi connectivity index (χ2v) is 6.53. The topological polar surface area (TPSA) is 125 Å². The number of aromatic carboxylic acids is 1. The number of aliphatic hydroxyl groups excluding tert-OH is 2. The van der Waals surface area contributed by atoms with Crippen molar-refractivity contribution < 1.29 is 34.4 Å². The van der Waals surface area contributed by atoms with E-state index in [0.717, 1.165) is 0 Å². The zero-order valence-electron chi connectivity index (χ0n) is 14.8. The average molecular weight is 355 g/mol. The Labute approximate surface area is 146 Å². The van der Waals surface area contributed by atoms with Crippen molar-refractivity contribution in [2.45, 2.75) is 45.0 Å². The summed E-state index contributed by atoms with van der Waals surface area (Å²) in [5.41, 5.74) is -0.482. The predicted molar refractivity (Wildman–Crippen MR) is 89.8 cm³/mol. The van der Waals surface area contributed by atoms with E-state index >= 15 is 0 Å². The van der Waals surface area contributed by atoms with Crippen LogP contribution in [0.2, 0.25) is 0 Å². The van der Waals surface area contributed by atoms with Crippen molar-refractivity contribution in [3.05, 3.63) is 29.3 Å². The molecule has 8 nitrogen and oxygen atoms in total. The van der Waals surface area contributed by atoms with E-state index in [2.05, 4.69) is 5.32 Å². The highest BCUT2D eigenvalue weighted by Gasteiger charge is 2.22. The monoisotopic (exact) mass is 355 g/mol. The van der Waals surface area contributed by atoms with Gasteiger partial charge in [0.05, 0.1) is 18.8 Å². The van der Waals surface area contributed by atoms with Crippen LogP contribution in [0.15, 0.2) is 18.2 Å². The third-order valence-corrected chi connectivity index (χ3v) is 3.23. The Kier molecular flexibility index (Phi) is 7.20. The fourth-order valence-electron chi connectivity index (χ4n) is 2.05. The van der Waals surface area contributed by atoms with Gasteiger partial charge in [0, 0.05) is 6.54 Å². The van der Waals surface area contributed by atoms with Gasteiger partial charge in [-0.15, -0.1) is 0 Å². The Morgan fingerprint density at radius 1 is 1.20 bits per heavy atom. The molecule has 140 valence electrons. The van der Waals surface area contributed by atoms with Crippen LogP contribution in [-0.4, -0.2) is 52.7 Å². The van der Waals surface area contributed by atoms with Crippen LogP contribution in [0.1, 0.15) is 49.2 Å². The Bertz CT molecular complexity index is 610. The third kappa shape index (κ3) is 6.98. The summed E-state index contributed by atoms with van der Waals surface area (Å²) in [7, 11) is 1.37. The number of hydrogen-bond donors (Lipinski definition) is 4. The lowest BCUT2D eigenvalue weighted by Crippen LogP contribution is -2.34. The van der Waals surface area contributed by atoms with Crippen molar-refractivity contribution in [1.82, 2.24) is 5.32 Å². The van der Waals surface area contributed by atoms with Crippen molar-refractivity contribution in [2.75, 3.05) is 13.7 Å². The minimum absolute atomic E-state index is 0.0556. The van der Waals surface area contributed by atoms with E-state index in [1.165, 1.54) is 25.3 Å². The maximum atomic E-state index is 11.5. The molecule has 1 amide bonds. The molecule has 0 bridgehead atoms. The smallest absolute Gasteiger partial charge is 0.407 e. The molecule has 0 radical (unpaired) electrons. The van der Waals surface area contributed by atoms with Gasteiger partial charge in [-0.05, 0) is 51.0 Å². The highest BCUT2D eigenvalue weighted by molar-refractivity contribution is 5.88. The van der Waals surface area contributed by atoms with Crippen LogP contribution < -0.4 is 10.1 Å². The van der Waals surface area contributed by atoms with E-state index in [4.69, 9.17) is 14.6 Å². The van der Waals surface area contributed by atoms with E-state index < -0.39 is 29.9 Å². The summed E-state index contributed by atoms with van der Waals surface area (Å²) in [4.78, 5) is 22.6. The molecule has 4 N–H and O–H groups in total. The fraction of sp³-hybridized carbons (Fsp3) is 0.529. The van der Waals surface area contributed by atoms with Crippen LogP contribution in [0, 0.1) is 0 Å². The highest BCUT2D eigenvalue weighted by Crippen LogP contribution is 2.25. The first kappa shape index (κ1) is 20.7. The molecule has 0 fully saturated rings. The number of carbonyl (C=O) groups excluding carboxylic acids is 1. The van der Waals surface area contributed by atoms with E-state index in [-0.39, 0.29) is 29.8 Å². The molecular formula is C17H25NO7. The number of carboxylic acids is 1. The van der Waals surface area contributed by atoms with Crippen molar-refractivity contribution in [3.8, 4) is 5.75 Å². The molecule has 0 aliphatic carbocycles. The number of carbonyl (C=O) groups is 2. The maximum Gasteiger partial charge on any atom is 0.407 e. The Morgan fingerprint density at radius 3 is 2.36 bits per heavy atom. The quantitative estimate of drug-likeness (QED) is 0.586. The van der Waals surface area contributed by atoms with Gasteiger partial charge in [0.15, 0.2) is 0 Å². The summed E-state index contributed by atoms with van der Waals surface area (Å²) in [5, 5.41) is 31.9. The second kappa shape index (κ2) is 8.68. The number of carboxylic acid groups (broad SMARTS) is 1. The lowest BCUT2D eigenvalue weighted by molar-refractivity contribution is 0.0121. The molecule has 0 aliphatic heterocycles. The van der Waals surface area contributed by atoms with Crippen molar-refractivity contribution in [2.24, 2.45) is 0 Å². The fourth-order valence-corrected chi connectivity index (χ4v) is 2.05. The van der Waals surface area contributed by atoms with E-state index in [0.29, 0.717) is 0 Å². The van der Waals surface area contributed by atoms with Crippen LogP contribution >= 0.6 is 0 Å². The summed E-state index contributed by atoms with van der Waals surface area (Å²) in [6.07, 6.45) is -3.10. The van der Waals surface area contributed by atoms with Crippen LogP contribution in [0.25, 0.3) is 0 Å². The Balaban J connectivity index is 2.67. The van der Waals surface area contributed by atoms with Gasteiger partial charge in [0.25, 0.3) is 0 Å². The minimum Gasteiger partial charge on any atom is -0.497 e. The normalized spacial score (nSPS) is 13.7. The van der Waals surface area contributed by atoms with Crippen molar-refractivity contribution in [1.29, 1.82) is 0 Å². The molecule has 0 aliphatic rings. The van der Waals surface area contributed by atoms with Gasteiger partial charge in [-0.1, -0.05) is 0 Å². The maximum absolute atomic E-state index is 11.5. The first-order chi connectivity index (χ1) is 11.5. The van der Waals surface area contributed by atoms with Crippen molar-refractivity contribution in [3.63, 3.8) is 0 Å². The lowest BCUT2D eigenvalue weighted by Gasteiger charge is -2.21. The summed E-state index contributed by atoms with van der Waals surface area (Å²) >= 11 is 0. The molecule has 1 aromatic rings. The summed E-state index contributed by atoms with van der Waals surface area (Å²) in [5.74, 6) is -0.915. The average Bonchev–Trinajstić information content (AvgIpc) is 2.51. The zero-order chi connectivity index (χ0) is 19.2. The van der Waals surface area contributed by atoms with Gasteiger partial charge in [-0.3, -0.25) is 0 Å². The van der Waals surface area contributed by atoms with Gasteiger partial charge in [0.1, 0.15) is 17.5 Å². The van der Waals surface area contributed by atoms with Gasteiger partial charge in [-0.2, -0.15) is 0 Å². The number of rotatable bonds is 7. The molecule has 1 rings (SSSR count). The number of nitrogens with one attached hydrogen (secondary N) is 1. The first-order valence-corrected chi connectivity index (χ1v) is 7.78. The molecule has 0 saturated heterocycles. The molecular weight excluding hydrogens is 330 g/mol. The molecule has 25 heavy (non-hydrogen) atoms. The standard InChI is InChI=1S/C17H25NO7/c1-17(2,3)25-16(23)18-6-5-13(19)14(20)10-7-11(15(21)22)9-12(8-10)24-4/h7-9,13-14,19-20H,5-6H2,1-4H3,(H,18,23)(H,21,22). The van der Waals surface area contributed by atoms with Gasteiger partial charge in [-0.25, -0.2) is 9.59 Å². The first-order valence-electron chi connectivity index (χ1n) is 7.78.